The third kappa shape index (κ3) is 5.99. The second kappa shape index (κ2) is 7.94. The molecule has 0 fully saturated rings. The van der Waals surface area contributed by atoms with Gasteiger partial charge in [-0.15, -0.1) is 0 Å². The van der Waals surface area contributed by atoms with Gasteiger partial charge in [0.05, 0.1) is 5.56 Å². The number of carbonyl (C=O) groups is 1. The minimum Gasteiger partial charge on any atom is -0.388 e. The summed E-state index contributed by atoms with van der Waals surface area (Å²) < 4.78 is 36.3. The Balaban J connectivity index is 0.000000235. The van der Waals surface area contributed by atoms with Crippen LogP contribution in [0.25, 0.3) is 0 Å². The number of para-hydroxylation sites is 1. The van der Waals surface area contributed by atoms with Crippen LogP contribution in [0.5, 0.6) is 0 Å². The van der Waals surface area contributed by atoms with E-state index >= 15 is 0 Å². The Morgan fingerprint density at radius 3 is 2.05 bits per heavy atom. The van der Waals surface area contributed by atoms with Gasteiger partial charge in [0.15, 0.2) is 0 Å². The van der Waals surface area contributed by atoms with E-state index in [4.69, 9.17) is 0 Å². The number of hydrogen-bond acceptors (Lipinski definition) is 2. The van der Waals surface area contributed by atoms with Crippen LogP contribution in [0.4, 0.5) is 24.5 Å². The van der Waals surface area contributed by atoms with Crippen molar-refractivity contribution in [3.63, 3.8) is 0 Å². The largest absolute Gasteiger partial charge is 0.416 e. The van der Waals surface area contributed by atoms with Crippen LogP contribution in [0.2, 0.25) is 0 Å². The average Bonchev–Trinajstić information content (AvgIpc) is 2.48. The van der Waals surface area contributed by atoms with Gasteiger partial charge in [0.2, 0.25) is 6.41 Å². The lowest BCUT2D eigenvalue weighted by atomic mass is 10.2. The van der Waals surface area contributed by atoms with Crippen molar-refractivity contribution in [1.29, 1.82) is 0 Å². The van der Waals surface area contributed by atoms with E-state index in [0.717, 1.165) is 17.8 Å². The summed E-state index contributed by atoms with van der Waals surface area (Å²) in [5, 5.41) is 5.17. The van der Waals surface area contributed by atoms with Gasteiger partial charge in [0.1, 0.15) is 0 Å². The maximum atomic E-state index is 12.1. The molecule has 0 bridgehead atoms. The Morgan fingerprint density at radius 2 is 1.57 bits per heavy atom. The lowest BCUT2D eigenvalue weighted by Gasteiger charge is -2.07. The van der Waals surface area contributed by atoms with Crippen LogP contribution in [-0.2, 0) is 11.0 Å². The molecule has 2 aromatic rings. The smallest absolute Gasteiger partial charge is 0.388 e. The van der Waals surface area contributed by atoms with Gasteiger partial charge in [0, 0.05) is 18.4 Å². The molecule has 0 saturated heterocycles. The Hall–Kier alpha value is -2.50. The number of benzene rings is 2. The minimum absolute atomic E-state index is 0.129. The number of anilines is 2. The summed E-state index contributed by atoms with van der Waals surface area (Å²) in [6, 6.07) is 14.5. The highest BCUT2D eigenvalue weighted by Crippen LogP contribution is 2.30. The molecule has 0 aliphatic heterocycles. The summed E-state index contributed by atoms with van der Waals surface area (Å²) in [5.74, 6) is 0. The normalized spacial score (nSPS) is 10.1. The number of nitrogens with one attached hydrogen (secondary N) is 2. The first kappa shape index (κ1) is 16.6. The molecule has 0 saturated carbocycles. The van der Waals surface area contributed by atoms with Gasteiger partial charge in [-0.1, -0.05) is 24.3 Å². The summed E-state index contributed by atoms with van der Waals surface area (Å²) in [6.45, 7) is 0. The van der Waals surface area contributed by atoms with Crippen LogP contribution in [-0.4, -0.2) is 13.5 Å². The summed E-state index contributed by atoms with van der Waals surface area (Å²) in [4.78, 5) is 9.94. The molecule has 0 unspecified atom stereocenters. The molecular weight excluding hydrogens is 281 g/mol. The van der Waals surface area contributed by atoms with Gasteiger partial charge in [-0.2, -0.15) is 13.2 Å². The van der Waals surface area contributed by atoms with Crippen molar-refractivity contribution in [3.05, 3.63) is 60.2 Å². The van der Waals surface area contributed by atoms with Crippen LogP contribution in [0, 0.1) is 0 Å². The molecular formula is C15H15F3N2O. The average molecular weight is 296 g/mol. The summed E-state index contributed by atoms with van der Waals surface area (Å²) in [5.41, 5.74) is 0.511. The topological polar surface area (TPSA) is 41.1 Å². The van der Waals surface area contributed by atoms with Crippen molar-refractivity contribution in [2.45, 2.75) is 6.18 Å². The van der Waals surface area contributed by atoms with Crippen LogP contribution in [0.1, 0.15) is 5.56 Å². The van der Waals surface area contributed by atoms with E-state index in [1.807, 2.05) is 37.4 Å². The highest BCUT2D eigenvalue weighted by atomic mass is 19.4. The molecule has 3 nitrogen and oxygen atoms in total. The van der Waals surface area contributed by atoms with E-state index in [1.165, 1.54) is 12.1 Å². The van der Waals surface area contributed by atoms with E-state index < -0.39 is 11.7 Å². The number of rotatable bonds is 3. The Bertz CT molecular complexity index is 556. The maximum absolute atomic E-state index is 12.1. The molecule has 6 heteroatoms. The van der Waals surface area contributed by atoms with E-state index in [1.54, 1.807) is 0 Å². The van der Waals surface area contributed by atoms with Gasteiger partial charge in [-0.05, 0) is 30.3 Å². The van der Waals surface area contributed by atoms with Gasteiger partial charge < -0.3 is 10.6 Å². The lowest BCUT2D eigenvalue weighted by molar-refractivity contribution is -0.137. The number of amides is 1. The molecule has 21 heavy (non-hydrogen) atoms. The van der Waals surface area contributed by atoms with Gasteiger partial charge >= 0.3 is 6.18 Å². The zero-order chi connectivity index (χ0) is 15.7. The highest BCUT2D eigenvalue weighted by Gasteiger charge is 2.30. The zero-order valence-corrected chi connectivity index (χ0v) is 11.3. The number of hydrogen-bond donors (Lipinski definition) is 2. The molecule has 2 N–H and O–H groups in total. The van der Waals surface area contributed by atoms with Crippen molar-refractivity contribution in [2.24, 2.45) is 0 Å². The molecule has 0 heterocycles. The first-order valence-electron chi connectivity index (χ1n) is 6.07. The van der Waals surface area contributed by atoms with Crippen molar-refractivity contribution in [1.82, 2.24) is 0 Å². The van der Waals surface area contributed by atoms with Crippen molar-refractivity contribution in [3.8, 4) is 0 Å². The van der Waals surface area contributed by atoms with E-state index in [2.05, 4.69) is 10.6 Å². The van der Waals surface area contributed by atoms with Gasteiger partial charge in [0.25, 0.3) is 0 Å². The minimum atomic E-state index is -4.37. The molecule has 112 valence electrons. The predicted molar refractivity (Wildman–Crippen MR) is 77.1 cm³/mol. The SMILES string of the molecule is CNc1ccccc1.O=CNc1cccc(C(F)(F)F)c1. The lowest BCUT2D eigenvalue weighted by Crippen LogP contribution is -2.05. The van der Waals surface area contributed by atoms with Crippen molar-refractivity contribution < 1.29 is 18.0 Å². The van der Waals surface area contributed by atoms with Crippen LogP contribution in [0.15, 0.2) is 54.6 Å². The van der Waals surface area contributed by atoms with Crippen LogP contribution < -0.4 is 10.6 Å². The molecule has 1 amide bonds. The van der Waals surface area contributed by atoms with Crippen molar-refractivity contribution in [2.75, 3.05) is 17.7 Å². The Labute approximate surface area is 120 Å². The highest BCUT2D eigenvalue weighted by molar-refractivity contribution is 5.71. The maximum Gasteiger partial charge on any atom is 0.416 e. The first-order chi connectivity index (χ1) is 9.97. The molecule has 0 atom stereocenters. The first-order valence-corrected chi connectivity index (χ1v) is 6.07. The molecule has 2 rings (SSSR count). The van der Waals surface area contributed by atoms with E-state index in [-0.39, 0.29) is 5.69 Å². The fourth-order valence-electron chi connectivity index (χ4n) is 1.46. The second-order valence-corrected chi connectivity index (χ2v) is 3.96. The van der Waals surface area contributed by atoms with Crippen LogP contribution in [0.3, 0.4) is 0 Å². The fourth-order valence-corrected chi connectivity index (χ4v) is 1.46. The number of halogens is 3. The zero-order valence-electron chi connectivity index (χ0n) is 11.3. The number of carbonyl (C=O) groups excluding carboxylic acids is 1. The van der Waals surface area contributed by atoms with Gasteiger partial charge in [-0.3, -0.25) is 4.79 Å². The van der Waals surface area contributed by atoms with E-state index in [0.29, 0.717) is 6.41 Å². The quantitative estimate of drug-likeness (QED) is 0.840. The third-order valence-electron chi connectivity index (χ3n) is 2.48. The molecule has 2 aromatic carbocycles. The molecule has 0 aliphatic rings. The summed E-state index contributed by atoms with van der Waals surface area (Å²) >= 11 is 0. The van der Waals surface area contributed by atoms with Gasteiger partial charge in [-0.25, -0.2) is 0 Å². The molecule has 0 aliphatic carbocycles. The number of alkyl halides is 3. The monoisotopic (exact) mass is 296 g/mol. The molecule has 0 spiro atoms. The molecule has 0 radical (unpaired) electrons. The standard InChI is InChI=1S/C8H6F3NO.C7H9N/c9-8(10,11)6-2-1-3-7(4-6)12-5-13;1-8-7-5-3-2-4-6-7/h1-5H,(H,12,13);2-6,8H,1H3. The summed E-state index contributed by atoms with van der Waals surface area (Å²) in [6.07, 6.45) is -4.05. The third-order valence-corrected chi connectivity index (χ3v) is 2.48. The van der Waals surface area contributed by atoms with E-state index in [9.17, 15) is 18.0 Å². The van der Waals surface area contributed by atoms with Crippen molar-refractivity contribution >= 4 is 17.8 Å². The fraction of sp³-hybridized carbons (Fsp3) is 0.133. The summed E-state index contributed by atoms with van der Waals surface area (Å²) in [7, 11) is 1.91. The second-order valence-electron chi connectivity index (χ2n) is 3.96. The van der Waals surface area contributed by atoms with Crippen LogP contribution >= 0.6 is 0 Å². The Morgan fingerprint density at radius 1 is 0.952 bits per heavy atom. The molecule has 0 aromatic heterocycles. The predicted octanol–water partition coefficient (Wildman–Crippen LogP) is 4.00. The Kier molecular flexibility index (Phi) is 6.26.